The van der Waals surface area contributed by atoms with Gasteiger partial charge in [0.2, 0.25) is 0 Å². The van der Waals surface area contributed by atoms with E-state index in [1.165, 1.54) is 0 Å². The van der Waals surface area contributed by atoms with Gasteiger partial charge in [0, 0.05) is 11.1 Å². The second kappa shape index (κ2) is 17.2. The SMILES string of the molecule is CCCCC(=NO)c1ccc2c(c1)OCCOCCOc1ccc(C(CCC)=NO)cc1OCCOCCO2. The van der Waals surface area contributed by atoms with Crippen LogP contribution in [0.25, 0.3) is 0 Å². The molecule has 2 aromatic rings. The van der Waals surface area contributed by atoms with E-state index in [9.17, 15) is 10.4 Å². The molecule has 3 rings (SSSR count). The minimum Gasteiger partial charge on any atom is -0.487 e. The van der Waals surface area contributed by atoms with Crippen molar-refractivity contribution < 1.29 is 38.8 Å². The van der Waals surface area contributed by atoms with E-state index in [-0.39, 0.29) is 0 Å². The molecule has 0 bridgehead atoms. The molecule has 2 N–H and O–H groups in total. The largest absolute Gasteiger partial charge is 0.487 e. The zero-order chi connectivity index (χ0) is 27.7. The van der Waals surface area contributed by atoms with Crippen LogP contribution in [0, 0.1) is 0 Å². The second-order valence-corrected chi connectivity index (χ2v) is 8.89. The van der Waals surface area contributed by atoms with E-state index < -0.39 is 0 Å². The number of hydrogen-bond donors (Lipinski definition) is 2. The normalized spacial score (nSPS) is 16.3. The zero-order valence-electron chi connectivity index (χ0n) is 22.9. The quantitative estimate of drug-likeness (QED) is 0.274. The highest BCUT2D eigenvalue weighted by Crippen LogP contribution is 2.31. The molecule has 39 heavy (non-hydrogen) atoms. The minimum absolute atomic E-state index is 0.305. The third kappa shape index (κ3) is 9.63. The lowest BCUT2D eigenvalue weighted by molar-refractivity contribution is 0.0640. The standard InChI is InChI=1S/C29H40N2O8/c1-3-5-7-25(31-33)23-9-11-27-29(21-23)39-19-15-35-12-16-36-26-10-8-22(24(30-32)6-4-2)20-28(26)38-18-14-34-13-17-37-27/h8-11,20-21,32-33H,3-7,12-19H2,1-2H3. The summed E-state index contributed by atoms with van der Waals surface area (Å²) in [5.41, 5.74) is 2.76. The van der Waals surface area contributed by atoms with E-state index in [1.807, 2.05) is 37.3 Å². The Bertz CT molecular complexity index is 1070. The average molecular weight is 545 g/mol. The lowest BCUT2D eigenvalue weighted by atomic mass is 10.0. The Kier molecular flexibility index (Phi) is 13.2. The molecule has 0 aromatic heterocycles. The fourth-order valence-corrected chi connectivity index (χ4v) is 3.97. The van der Waals surface area contributed by atoms with Crippen LogP contribution in [0.15, 0.2) is 46.7 Å². The van der Waals surface area contributed by atoms with E-state index in [1.54, 1.807) is 6.07 Å². The smallest absolute Gasteiger partial charge is 0.161 e. The molecule has 0 fully saturated rings. The number of benzene rings is 2. The third-order valence-corrected chi connectivity index (χ3v) is 5.99. The fourth-order valence-electron chi connectivity index (χ4n) is 3.97. The molecule has 1 aliphatic rings. The molecule has 0 unspecified atom stereocenters. The highest BCUT2D eigenvalue weighted by atomic mass is 16.6. The van der Waals surface area contributed by atoms with Gasteiger partial charge in [0.05, 0.1) is 37.9 Å². The van der Waals surface area contributed by atoms with Gasteiger partial charge in [-0.1, -0.05) is 37.0 Å². The molecule has 0 spiro atoms. The van der Waals surface area contributed by atoms with E-state index in [0.717, 1.165) is 30.4 Å². The van der Waals surface area contributed by atoms with Gasteiger partial charge in [-0.3, -0.25) is 0 Å². The monoisotopic (exact) mass is 544 g/mol. The Morgan fingerprint density at radius 1 is 0.590 bits per heavy atom. The summed E-state index contributed by atoms with van der Waals surface area (Å²) >= 11 is 0. The van der Waals surface area contributed by atoms with Gasteiger partial charge in [-0.2, -0.15) is 0 Å². The minimum atomic E-state index is 0.305. The first-order valence-corrected chi connectivity index (χ1v) is 13.6. The summed E-state index contributed by atoms with van der Waals surface area (Å²) in [6.07, 6.45) is 4.10. The van der Waals surface area contributed by atoms with Gasteiger partial charge in [0.25, 0.3) is 0 Å². The van der Waals surface area contributed by atoms with E-state index >= 15 is 0 Å². The van der Waals surface area contributed by atoms with Crippen molar-refractivity contribution in [3.63, 3.8) is 0 Å². The molecule has 0 aliphatic carbocycles. The van der Waals surface area contributed by atoms with Crippen LogP contribution in [-0.2, 0) is 9.47 Å². The van der Waals surface area contributed by atoms with Gasteiger partial charge in [-0.15, -0.1) is 0 Å². The van der Waals surface area contributed by atoms with Crippen molar-refractivity contribution in [3.05, 3.63) is 47.5 Å². The Balaban J connectivity index is 1.66. The van der Waals surface area contributed by atoms with Gasteiger partial charge in [-0.25, -0.2) is 0 Å². The van der Waals surface area contributed by atoms with Crippen molar-refractivity contribution in [2.45, 2.75) is 46.0 Å². The molecule has 2 aromatic carbocycles. The Labute approximate surface area is 230 Å². The molecule has 10 nitrogen and oxygen atoms in total. The summed E-state index contributed by atoms with van der Waals surface area (Å²) < 4.78 is 35.2. The predicted molar refractivity (Wildman–Crippen MR) is 148 cm³/mol. The third-order valence-electron chi connectivity index (χ3n) is 5.99. The summed E-state index contributed by atoms with van der Waals surface area (Å²) in [6.45, 7) is 6.78. The lowest BCUT2D eigenvalue weighted by Gasteiger charge is -2.17. The van der Waals surface area contributed by atoms with Gasteiger partial charge in [0.15, 0.2) is 23.0 Å². The van der Waals surface area contributed by atoms with Gasteiger partial charge in [-0.05, 0) is 55.7 Å². The summed E-state index contributed by atoms with van der Waals surface area (Å²) in [5.74, 6) is 2.24. The van der Waals surface area contributed by atoms with Crippen LogP contribution in [0.2, 0.25) is 0 Å². The molecule has 10 heteroatoms. The van der Waals surface area contributed by atoms with Crippen LogP contribution in [0.3, 0.4) is 0 Å². The molecular formula is C29H40N2O8. The van der Waals surface area contributed by atoms with Crippen molar-refractivity contribution >= 4 is 11.4 Å². The van der Waals surface area contributed by atoms with Crippen LogP contribution >= 0.6 is 0 Å². The first kappa shape index (κ1) is 30.0. The second-order valence-electron chi connectivity index (χ2n) is 8.89. The Morgan fingerprint density at radius 3 is 1.44 bits per heavy atom. The predicted octanol–water partition coefficient (Wildman–Crippen LogP) is 5.30. The van der Waals surface area contributed by atoms with Crippen molar-refractivity contribution in [1.82, 2.24) is 0 Å². The maximum atomic E-state index is 9.49. The maximum Gasteiger partial charge on any atom is 0.161 e. The summed E-state index contributed by atoms with van der Waals surface area (Å²) in [7, 11) is 0. The number of rotatable bonds is 7. The Morgan fingerprint density at radius 2 is 1.03 bits per heavy atom. The van der Waals surface area contributed by atoms with E-state index in [2.05, 4.69) is 17.2 Å². The number of fused-ring (bicyclic) bond motifs is 2. The van der Waals surface area contributed by atoms with Crippen molar-refractivity contribution in [2.75, 3.05) is 52.9 Å². The van der Waals surface area contributed by atoms with Crippen LogP contribution < -0.4 is 18.9 Å². The van der Waals surface area contributed by atoms with Crippen molar-refractivity contribution in [2.24, 2.45) is 10.3 Å². The fraction of sp³-hybridized carbons (Fsp3) is 0.517. The van der Waals surface area contributed by atoms with Crippen LogP contribution in [0.5, 0.6) is 23.0 Å². The number of hydrogen-bond acceptors (Lipinski definition) is 10. The van der Waals surface area contributed by atoms with Crippen LogP contribution in [0.1, 0.15) is 57.1 Å². The van der Waals surface area contributed by atoms with Crippen LogP contribution in [-0.4, -0.2) is 74.7 Å². The first-order chi connectivity index (χ1) is 19.2. The molecule has 0 saturated heterocycles. The first-order valence-electron chi connectivity index (χ1n) is 13.6. The van der Waals surface area contributed by atoms with Crippen molar-refractivity contribution in [1.29, 1.82) is 0 Å². The molecule has 0 atom stereocenters. The van der Waals surface area contributed by atoms with Gasteiger partial charge >= 0.3 is 0 Å². The van der Waals surface area contributed by atoms with E-state index in [4.69, 9.17) is 28.4 Å². The highest BCUT2D eigenvalue weighted by molar-refractivity contribution is 6.01. The topological polar surface area (TPSA) is 121 Å². The summed E-state index contributed by atoms with van der Waals surface area (Å²) in [4.78, 5) is 0. The number of ether oxygens (including phenoxy) is 6. The molecule has 0 radical (unpaired) electrons. The zero-order valence-corrected chi connectivity index (χ0v) is 22.9. The molecule has 0 amide bonds. The number of oxime groups is 2. The van der Waals surface area contributed by atoms with Gasteiger partial charge < -0.3 is 38.8 Å². The molecule has 214 valence electrons. The lowest BCUT2D eigenvalue weighted by Crippen LogP contribution is -2.16. The van der Waals surface area contributed by atoms with E-state index in [0.29, 0.717) is 100 Å². The van der Waals surface area contributed by atoms with Crippen LogP contribution in [0.4, 0.5) is 0 Å². The van der Waals surface area contributed by atoms with Gasteiger partial charge in [0.1, 0.15) is 26.4 Å². The molecule has 1 aliphatic heterocycles. The summed E-state index contributed by atoms with van der Waals surface area (Å²) in [6, 6.07) is 11.0. The highest BCUT2D eigenvalue weighted by Gasteiger charge is 2.13. The van der Waals surface area contributed by atoms with Crippen molar-refractivity contribution in [3.8, 4) is 23.0 Å². The average Bonchev–Trinajstić information content (AvgIpc) is 2.96. The summed E-state index contributed by atoms with van der Waals surface area (Å²) in [5, 5.41) is 25.8. The Hall–Kier alpha value is -3.50. The molecule has 1 heterocycles. The maximum absolute atomic E-state index is 9.49. The molecular weight excluding hydrogens is 504 g/mol. The number of nitrogens with zero attached hydrogens (tertiary/aromatic N) is 2. The number of unbranched alkanes of at least 4 members (excludes halogenated alkanes) is 1. The molecule has 0 saturated carbocycles.